The lowest BCUT2D eigenvalue weighted by molar-refractivity contribution is -0.0588. The van der Waals surface area contributed by atoms with Crippen LogP contribution in [0.5, 0.6) is 5.75 Å². The number of hydrogen-bond donors (Lipinski definition) is 0. The summed E-state index contributed by atoms with van der Waals surface area (Å²) in [6, 6.07) is 21.3. The van der Waals surface area contributed by atoms with Crippen LogP contribution in [0.4, 0.5) is 0 Å². The van der Waals surface area contributed by atoms with Gasteiger partial charge in [-0.15, -0.1) is 0 Å². The number of carbonyl (C=O) groups excluding carboxylic acids is 1. The average molecular weight is 443 g/mol. The van der Waals surface area contributed by atoms with Crippen LogP contribution in [0.1, 0.15) is 24.3 Å². The van der Waals surface area contributed by atoms with E-state index in [1.54, 1.807) is 11.6 Å². The van der Waals surface area contributed by atoms with Crippen molar-refractivity contribution in [3.63, 3.8) is 0 Å². The number of fused-ring (bicyclic) bond motifs is 1. The van der Waals surface area contributed by atoms with Crippen molar-refractivity contribution >= 4 is 11.6 Å². The van der Waals surface area contributed by atoms with Gasteiger partial charge in [0.05, 0.1) is 30.7 Å². The molecule has 1 aliphatic rings. The molecule has 1 amide bonds. The highest BCUT2D eigenvalue weighted by Crippen LogP contribution is 2.26. The van der Waals surface area contributed by atoms with Crippen LogP contribution in [-0.2, 0) is 4.74 Å². The molecule has 33 heavy (non-hydrogen) atoms. The predicted octanol–water partition coefficient (Wildman–Crippen LogP) is 4.32. The van der Waals surface area contributed by atoms with Crippen molar-refractivity contribution in [1.29, 1.82) is 0 Å². The minimum absolute atomic E-state index is 0.0198. The van der Waals surface area contributed by atoms with E-state index in [1.807, 2.05) is 85.5 Å². The van der Waals surface area contributed by atoms with Crippen LogP contribution in [-0.4, -0.2) is 57.8 Å². The molecule has 2 aromatic carbocycles. The average Bonchev–Trinajstić information content (AvgIpc) is 3.27. The van der Waals surface area contributed by atoms with Crippen molar-refractivity contribution in [2.75, 3.05) is 20.2 Å². The summed E-state index contributed by atoms with van der Waals surface area (Å²) in [6.07, 6.45) is -0.0397. The van der Waals surface area contributed by atoms with Gasteiger partial charge < -0.3 is 14.4 Å². The molecule has 168 valence electrons. The van der Waals surface area contributed by atoms with Crippen molar-refractivity contribution in [3.05, 3.63) is 72.4 Å². The standard InChI is InChI=1S/C26H26N4O3/c1-17-15-29(16-18(2)33-17)26(31)24-13-22(20-9-11-21(32-3)12-10-20)27-25-14-23(28-30(24)25)19-7-5-4-6-8-19/h4-14,17-18H,15-16H2,1-3H3. The Morgan fingerprint density at radius 3 is 2.27 bits per heavy atom. The first-order valence-corrected chi connectivity index (χ1v) is 11.1. The summed E-state index contributed by atoms with van der Waals surface area (Å²) in [7, 11) is 1.64. The first-order chi connectivity index (χ1) is 16.0. The third-order valence-electron chi connectivity index (χ3n) is 5.81. The van der Waals surface area contributed by atoms with E-state index in [0.717, 1.165) is 22.6 Å². The number of ether oxygens (including phenoxy) is 2. The Morgan fingerprint density at radius 1 is 0.939 bits per heavy atom. The molecule has 7 nitrogen and oxygen atoms in total. The Hall–Kier alpha value is -3.71. The maximum atomic E-state index is 13.7. The molecule has 0 radical (unpaired) electrons. The molecule has 0 bridgehead atoms. The minimum atomic E-state index is -0.0816. The number of nitrogens with zero attached hydrogens (tertiary/aromatic N) is 4. The zero-order valence-electron chi connectivity index (χ0n) is 18.9. The fraction of sp³-hybridized carbons (Fsp3) is 0.269. The highest BCUT2D eigenvalue weighted by molar-refractivity contribution is 5.94. The summed E-state index contributed by atoms with van der Waals surface area (Å²) in [6.45, 7) is 5.06. The van der Waals surface area contributed by atoms with Crippen LogP contribution >= 0.6 is 0 Å². The van der Waals surface area contributed by atoms with E-state index in [0.29, 0.717) is 30.1 Å². The van der Waals surface area contributed by atoms with Crippen LogP contribution in [0, 0.1) is 0 Å². The summed E-state index contributed by atoms with van der Waals surface area (Å²) in [5, 5.41) is 4.75. The largest absolute Gasteiger partial charge is 0.497 e. The first kappa shape index (κ1) is 21.2. The quantitative estimate of drug-likeness (QED) is 0.471. The van der Waals surface area contributed by atoms with Crippen molar-refractivity contribution < 1.29 is 14.3 Å². The molecule has 4 aromatic rings. The molecule has 2 aromatic heterocycles. The van der Waals surface area contributed by atoms with Gasteiger partial charge in [0.2, 0.25) is 0 Å². The maximum absolute atomic E-state index is 13.7. The smallest absolute Gasteiger partial charge is 0.272 e. The van der Waals surface area contributed by atoms with Crippen LogP contribution in [0.2, 0.25) is 0 Å². The molecular weight excluding hydrogens is 416 g/mol. The van der Waals surface area contributed by atoms with E-state index in [2.05, 4.69) is 0 Å². The summed E-state index contributed by atoms with van der Waals surface area (Å²) in [4.78, 5) is 20.4. The number of rotatable bonds is 4. The molecule has 1 fully saturated rings. The second kappa shape index (κ2) is 8.67. The molecule has 0 aliphatic carbocycles. The molecule has 2 unspecified atom stereocenters. The highest BCUT2D eigenvalue weighted by Gasteiger charge is 2.29. The molecule has 3 heterocycles. The molecule has 7 heteroatoms. The third kappa shape index (κ3) is 4.19. The Kier molecular flexibility index (Phi) is 5.56. The van der Waals surface area contributed by atoms with Crippen LogP contribution in [0.25, 0.3) is 28.2 Å². The van der Waals surface area contributed by atoms with Crippen LogP contribution < -0.4 is 4.74 Å². The van der Waals surface area contributed by atoms with Gasteiger partial charge in [-0.25, -0.2) is 9.50 Å². The number of aromatic nitrogens is 3. The third-order valence-corrected chi connectivity index (χ3v) is 5.81. The van der Waals surface area contributed by atoms with Crippen molar-refractivity contribution in [3.8, 4) is 28.3 Å². The van der Waals surface area contributed by atoms with E-state index < -0.39 is 0 Å². The van der Waals surface area contributed by atoms with Gasteiger partial charge in [-0.2, -0.15) is 5.10 Å². The van der Waals surface area contributed by atoms with Crippen molar-refractivity contribution in [1.82, 2.24) is 19.5 Å². The molecule has 0 N–H and O–H groups in total. The van der Waals surface area contributed by atoms with E-state index in [4.69, 9.17) is 19.6 Å². The van der Waals surface area contributed by atoms with Gasteiger partial charge in [0.1, 0.15) is 11.4 Å². The molecule has 1 saturated heterocycles. The zero-order chi connectivity index (χ0) is 22.9. The number of amides is 1. The lowest BCUT2D eigenvalue weighted by Crippen LogP contribution is -2.48. The predicted molar refractivity (Wildman–Crippen MR) is 126 cm³/mol. The minimum Gasteiger partial charge on any atom is -0.497 e. The highest BCUT2D eigenvalue weighted by atomic mass is 16.5. The fourth-order valence-electron chi connectivity index (χ4n) is 4.29. The van der Waals surface area contributed by atoms with Crippen molar-refractivity contribution in [2.24, 2.45) is 0 Å². The maximum Gasteiger partial charge on any atom is 0.272 e. The molecule has 1 aliphatic heterocycles. The zero-order valence-corrected chi connectivity index (χ0v) is 18.9. The Bertz CT molecular complexity index is 1270. The number of hydrogen-bond acceptors (Lipinski definition) is 5. The normalized spacial score (nSPS) is 18.5. The Morgan fingerprint density at radius 2 is 1.61 bits per heavy atom. The second-order valence-corrected chi connectivity index (χ2v) is 8.39. The van der Waals surface area contributed by atoms with Gasteiger partial charge in [0.15, 0.2) is 5.65 Å². The number of carbonyl (C=O) groups is 1. The van der Waals surface area contributed by atoms with E-state index in [-0.39, 0.29) is 18.1 Å². The molecule has 5 rings (SSSR count). The number of morpholine rings is 1. The van der Waals surface area contributed by atoms with E-state index >= 15 is 0 Å². The van der Waals surface area contributed by atoms with Gasteiger partial charge in [-0.1, -0.05) is 30.3 Å². The molecule has 0 saturated carbocycles. The lowest BCUT2D eigenvalue weighted by Gasteiger charge is -2.35. The molecule has 2 atom stereocenters. The number of methoxy groups -OCH3 is 1. The Balaban J connectivity index is 1.64. The van der Waals surface area contributed by atoms with Gasteiger partial charge in [-0.05, 0) is 44.2 Å². The van der Waals surface area contributed by atoms with Crippen molar-refractivity contribution in [2.45, 2.75) is 26.1 Å². The first-order valence-electron chi connectivity index (χ1n) is 11.1. The second-order valence-electron chi connectivity index (χ2n) is 8.39. The molecular formula is C26H26N4O3. The van der Waals surface area contributed by atoms with Crippen LogP contribution in [0.15, 0.2) is 66.7 Å². The Labute approximate surface area is 192 Å². The topological polar surface area (TPSA) is 69.0 Å². The number of benzene rings is 2. The van der Waals surface area contributed by atoms with Gasteiger partial charge in [-0.3, -0.25) is 4.79 Å². The fourth-order valence-corrected chi connectivity index (χ4v) is 4.29. The van der Waals surface area contributed by atoms with Gasteiger partial charge in [0, 0.05) is 30.3 Å². The van der Waals surface area contributed by atoms with Crippen LogP contribution in [0.3, 0.4) is 0 Å². The summed E-state index contributed by atoms with van der Waals surface area (Å²) < 4.78 is 12.8. The van der Waals surface area contributed by atoms with Gasteiger partial charge >= 0.3 is 0 Å². The van der Waals surface area contributed by atoms with E-state index in [9.17, 15) is 4.79 Å². The summed E-state index contributed by atoms with van der Waals surface area (Å²) in [5.74, 6) is 0.685. The lowest BCUT2D eigenvalue weighted by atomic mass is 10.1. The summed E-state index contributed by atoms with van der Waals surface area (Å²) >= 11 is 0. The van der Waals surface area contributed by atoms with E-state index in [1.165, 1.54) is 0 Å². The summed E-state index contributed by atoms with van der Waals surface area (Å²) in [5.41, 5.74) is 4.46. The van der Waals surface area contributed by atoms with Gasteiger partial charge in [0.25, 0.3) is 5.91 Å². The monoisotopic (exact) mass is 442 g/mol. The molecule has 0 spiro atoms. The SMILES string of the molecule is COc1ccc(-c2cc(C(=O)N3CC(C)OC(C)C3)n3nc(-c4ccccc4)cc3n2)cc1.